The molecule has 4 nitrogen and oxygen atoms in total. The molecule has 0 saturated heterocycles. The van der Waals surface area contributed by atoms with Crippen LogP contribution < -0.4 is 10.2 Å². The summed E-state index contributed by atoms with van der Waals surface area (Å²) in [6.07, 6.45) is -3.64. The van der Waals surface area contributed by atoms with Crippen LogP contribution in [-0.4, -0.2) is 35.8 Å². The minimum Gasteiger partial charge on any atom is -0.395 e. The first-order valence-electron chi connectivity index (χ1n) is 7.00. The molecule has 21 heavy (non-hydrogen) atoms. The van der Waals surface area contributed by atoms with Gasteiger partial charge in [0.25, 0.3) is 0 Å². The lowest BCUT2D eigenvalue weighted by Gasteiger charge is -2.28. The zero-order valence-corrected chi connectivity index (χ0v) is 12.5. The number of aliphatic hydroxyl groups is 1. The Morgan fingerprint density at radius 1 is 1.33 bits per heavy atom. The molecule has 0 spiro atoms. The molecule has 0 aliphatic heterocycles. The van der Waals surface area contributed by atoms with Crippen LogP contribution in [-0.2, 0) is 6.18 Å². The van der Waals surface area contributed by atoms with Crippen molar-refractivity contribution in [3.05, 3.63) is 17.7 Å². The molecular formula is C14H22F3N3O. The first kappa shape index (κ1) is 17.6. The highest BCUT2D eigenvalue weighted by molar-refractivity contribution is 5.51. The molecule has 0 unspecified atom stereocenters. The molecule has 0 aromatic carbocycles. The Morgan fingerprint density at radius 3 is 2.48 bits per heavy atom. The lowest BCUT2D eigenvalue weighted by atomic mass is 10.2. The number of hydrogen-bond donors (Lipinski definition) is 2. The fourth-order valence-electron chi connectivity index (χ4n) is 1.92. The maximum atomic E-state index is 13.0. The number of pyridine rings is 1. The molecule has 1 heterocycles. The summed E-state index contributed by atoms with van der Waals surface area (Å²) in [5.74, 6) is 0.415. The Bertz CT molecular complexity index is 450. The number of nitrogens with zero attached hydrogens (tertiary/aromatic N) is 2. The van der Waals surface area contributed by atoms with Crippen LogP contribution in [0.4, 0.5) is 24.8 Å². The number of aromatic nitrogens is 1. The van der Waals surface area contributed by atoms with Gasteiger partial charge in [-0.2, -0.15) is 13.2 Å². The molecule has 1 aromatic heterocycles. The molecule has 0 saturated carbocycles. The van der Waals surface area contributed by atoms with Crippen molar-refractivity contribution < 1.29 is 18.3 Å². The van der Waals surface area contributed by atoms with Crippen molar-refractivity contribution in [2.75, 3.05) is 29.9 Å². The number of hydrogen-bond acceptors (Lipinski definition) is 4. The molecule has 0 atom stereocenters. The largest absolute Gasteiger partial charge is 0.416 e. The molecular weight excluding hydrogens is 283 g/mol. The third-order valence-corrected chi connectivity index (χ3v) is 2.95. The van der Waals surface area contributed by atoms with Gasteiger partial charge in [-0.1, -0.05) is 6.92 Å². The van der Waals surface area contributed by atoms with Crippen molar-refractivity contribution in [2.45, 2.75) is 39.4 Å². The number of nitrogens with one attached hydrogen (secondary N) is 1. The predicted octanol–water partition coefficient (Wildman–Crippen LogP) is 3.13. The van der Waals surface area contributed by atoms with Gasteiger partial charge in [-0.15, -0.1) is 0 Å². The van der Waals surface area contributed by atoms with Gasteiger partial charge in [-0.05, 0) is 32.4 Å². The predicted molar refractivity (Wildman–Crippen MR) is 77.6 cm³/mol. The summed E-state index contributed by atoms with van der Waals surface area (Å²) in [5, 5.41) is 12.0. The molecule has 0 aliphatic carbocycles. The summed E-state index contributed by atoms with van der Waals surface area (Å²) in [4.78, 5) is 5.87. The molecule has 0 fully saturated rings. The maximum absolute atomic E-state index is 13.0. The molecule has 120 valence electrons. The van der Waals surface area contributed by atoms with Crippen LogP contribution in [0.15, 0.2) is 12.1 Å². The third kappa shape index (κ3) is 5.08. The molecule has 0 radical (unpaired) electrons. The SMILES string of the molecule is CCCNc1cc(C(F)(F)F)cc(N(CCO)C(C)C)n1. The van der Waals surface area contributed by atoms with Gasteiger partial charge in [0.2, 0.25) is 0 Å². The van der Waals surface area contributed by atoms with Crippen LogP contribution in [0, 0.1) is 0 Å². The summed E-state index contributed by atoms with van der Waals surface area (Å²) < 4.78 is 39.0. The number of halogens is 3. The van der Waals surface area contributed by atoms with Gasteiger partial charge in [0.1, 0.15) is 11.6 Å². The van der Waals surface area contributed by atoms with Gasteiger partial charge < -0.3 is 15.3 Å². The maximum Gasteiger partial charge on any atom is 0.416 e. The van der Waals surface area contributed by atoms with E-state index in [0.717, 1.165) is 18.6 Å². The van der Waals surface area contributed by atoms with Crippen molar-refractivity contribution in [3.63, 3.8) is 0 Å². The first-order chi connectivity index (χ1) is 9.79. The molecule has 1 aromatic rings. The molecule has 7 heteroatoms. The Morgan fingerprint density at radius 2 is 2.00 bits per heavy atom. The second-order valence-electron chi connectivity index (χ2n) is 5.03. The van der Waals surface area contributed by atoms with E-state index in [2.05, 4.69) is 10.3 Å². The summed E-state index contributed by atoms with van der Waals surface area (Å²) in [6.45, 7) is 6.25. The van der Waals surface area contributed by atoms with E-state index in [9.17, 15) is 13.2 Å². The van der Waals surface area contributed by atoms with Crippen LogP contribution in [0.1, 0.15) is 32.8 Å². The molecule has 1 rings (SSSR count). The van der Waals surface area contributed by atoms with Crippen molar-refractivity contribution in [1.82, 2.24) is 4.98 Å². The second kappa shape index (κ2) is 7.49. The molecule has 0 amide bonds. The van der Waals surface area contributed by atoms with E-state index in [-0.39, 0.29) is 30.8 Å². The molecule has 0 aliphatic rings. The van der Waals surface area contributed by atoms with E-state index >= 15 is 0 Å². The van der Waals surface area contributed by atoms with Gasteiger partial charge in [0.15, 0.2) is 0 Å². The quantitative estimate of drug-likeness (QED) is 0.812. The van der Waals surface area contributed by atoms with Crippen LogP contribution in [0.25, 0.3) is 0 Å². The Labute approximate surface area is 123 Å². The average Bonchev–Trinajstić information content (AvgIpc) is 2.40. The van der Waals surface area contributed by atoms with Gasteiger partial charge in [0.05, 0.1) is 12.2 Å². The first-order valence-corrected chi connectivity index (χ1v) is 7.00. The highest BCUT2D eigenvalue weighted by atomic mass is 19.4. The zero-order chi connectivity index (χ0) is 16.0. The van der Waals surface area contributed by atoms with Crippen LogP contribution in [0.3, 0.4) is 0 Å². The zero-order valence-electron chi connectivity index (χ0n) is 12.5. The number of alkyl halides is 3. The Kier molecular flexibility index (Phi) is 6.26. The third-order valence-electron chi connectivity index (χ3n) is 2.95. The highest BCUT2D eigenvalue weighted by Gasteiger charge is 2.32. The van der Waals surface area contributed by atoms with Crippen molar-refractivity contribution >= 4 is 11.6 Å². The number of anilines is 2. The lowest BCUT2D eigenvalue weighted by Crippen LogP contribution is -2.34. The summed E-state index contributed by atoms with van der Waals surface area (Å²) in [6, 6.07) is 1.97. The van der Waals surface area contributed by atoms with Crippen LogP contribution in [0.2, 0.25) is 0 Å². The van der Waals surface area contributed by atoms with Gasteiger partial charge >= 0.3 is 6.18 Å². The minimum absolute atomic E-state index is 0.0628. The smallest absolute Gasteiger partial charge is 0.395 e. The standard InChI is InChI=1S/C14H22F3N3O/c1-4-5-18-12-8-11(14(15,16)17)9-13(19-12)20(6-7-21)10(2)3/h8-10,21H,4-7H2,1-3H3,(H,18,19). The Balaban J connectivity index is 3.22. The van der Waals surface area contributed by atoms with Crippen molar-refractivity contribution in [2.24, 2.45) is 0 Å². The number of rotatable bonds is 7. The highest BCUT2D eigenvalue weighted by Crippen LogP contribution is 2.33. The summed E-state index contributed by atoms with van der Waals surface area (Å²) >= 11 is 0. The Hall–Kier alpha value is -1.50. The van der Waals surface area contributed by atoms with Crippen LogP contribution in [0.5, 0.6) is 0 Å². The topological polar surface area (TPSA) is 48.4 Å². The van der Waals surface area contributed by atoms with Crippen molar-refractivity contribution in [1.29, 1.82) is 0 Å². The van der Waals surface area contributed by atoms with E-state index in [4.69, 9.17) is 5.11 Å². The van der Waals surface area contributed by atoms with E-state index in [0.29, 0.717) is 6.54 Å². The van der Waals surface area contributed by atoms with E-state index < -0.39 is 11.7 Å². The summed E-state index contributed by atoms with van der Waals surface area (Å²) in [5.41, 5.74) is -0.741. The molecule has 0 bridgehead atoms. The number of aliphatic hydroxyl groups excluding tert-OH is 1. The average molecular weight is 305 g/mol. The van der Waals surface area contributed by atoms with E-state index in [1.165, 1.54) is 0 Å². The monoisotopic (exact) mass is 305 g/mol. The summed E-state index contributed by atoms with van der Waals surface area (Å²) in [7, 11) is 0. The minimum atomic E-state index is -4.43. The van der Waals surface area contributed by atoms with Gasteiger partial charge in [0, 0.05) is 19.1 Å². The lowest BCUT2D eigenvalue weighted by molar-refractivity contribution is -0.137. The van der Waals surface area contributed by atoms with Crippen molar-refractivity contribution in [3.8, 4) is 0 Å². The van der Waals surface area contributed by atoms with Gasteiger partial charge in [-0.3, -0.25) is 0 Å². The van der Waals surface area contributed by atoms with Gasteiger partial charge in [-0.25, -0.2) is 4.98 Å². The fourth-order valence-corrected chi connectivity index (χ4v) is 1.92. The fraction of sp³-hybridized carbons (Fsp3) is 0.643. The van der Waals surface area contributed by atoms with E-state index in [1.807, 2.05) is 20.8 Å². The normalized spacial score (nSPS) is 11.8. The second-order valence-corrected chi connectivity index (χ2v) is 5.03. The van der Waals surface area contributed by atoms with E-state index in [1.54, 1.807) is 4.90 Å². The van der Waals surface area contributed by atoms with Crippen LogP contribution >= 0.6 is 0 Å². The molecule has 2 N–H and O–H groups in total.